The fourth-order valence-electron chi connectivity index (χ4n) is 1.42. The van der Waals surface area contributed by atoms with Crippen LogP contribution in [0.5, 0.6) is 5.75 Å². The van der Waals surface area contributed by atoms with Gasteiger partial charge in [0, 0.05) is 11.1 Å². The van der Waals surface area contributed by atoms with Crippen LogP contribution in [0.1, 0.15) is 31.1 Å². The van der Waals surface area contributed by atoms with Crippen LogP contribution in [0, 0.1) is 0 Å². The molecule has 104 valence electrons. The van der Waals surface area contributed by atoms with Crippen molar-refractivity contribution in [1.29, 1.82) is 0 Å². The molecule has 0 fully saturated rings. The van der Waals surface area contributed by atoms with Gasteiger partial charge in [0.25, 0.3) is 5.91 Å². The number of hydrogen-bond donors (Lipinski definition) is 1. The SMILES string of the molecule is CC(C)NC(=O)C(C)Oc1c(Cl)cc(Cl)cc1C=O. The molecule has 0 aliphatic rings. The molecule has 0 spiro atoms. The van der Waals surface area contributed by atoms with Gasteiger partial charge in [0.1, 0.15) is 5.75 Å². The predicted molar refractivity (Wildman–Crippen MR) is 75.2 cm³/mol. The van der Waals surface area contributed by atoms with E-state index in [-0.39, 0.29) is 28.3 Å². The molecule has 0 aromatic heterocycles. The summed E-state index contributed by atoms with van der Waals surface area (Å²) < 4.78 is 5.45. The quantitative estimate of drug-likeness (QED) is 0.850. The average molecular weight is 304 g/mol. The van der Waals surface area contributed by atoms with Gasteiger partial charge in [-0.25, -0.2) is 0 Å². The van der Waals surface area contributed by atoms with Crippen molar-refractivity contribution >= 4 is 35.4 Å². The Morgan fingerprint density at radius 2 is 1.95 bits per heavy atom. The minimum absolute atomic E-state index is 0.00443. The first kappa shape index (κ1) is 15.8. The van der Waals surface area contributed by atoms with E-state index in [1.807, 2.05) is 13.8 Å². The summed E-state index contributed by atoms with van der Waals surface area (Å²) in [5, 5.41) is 3.24. The summed E-state index contributed by atoms with van der Waals surface area (Å²) >= 11 is 11.8. The highest BCUT2D eigenvalue weighted by molar-refractivity contribution is 6.36. The molecule has 1 N–H and O–H groups in total. The van der Waals surface area contributed by atoms with E-state index < -0.39 is 6.10 Å². The highest BCUT2D eigenvalue weighted by atomic mass is 35.5. The Morgan fingerprint density at radius 1 is 1.32 bits per heavy atom. The monoisotopic (exact) mass is 303 g/mol. The molecule has 0 aliphatic heterocycles. The summed E-state index contributed by atoms with van der Waals surface area (Å²) in [4.78, 5) is 22.7. The van der Waals surface area contributed by atoms with Crippen molar-refractivity contribution in [3.05, 3.63) is 27.7 Å². The van der Waals surface area contributed by atoms with Crippen molar-refractivity contribution in [2.75, 3.05) is 0 Å². The number of carbonyl (C=O) groups is 2. The standard InChI is InChI=1S/C13H15Cl2NO3/c1-7(2)16-13(18)8(3)19-12-9(6-17)4-10(14)5-11(12)15/h4-8H,1-3H3,(H,16,18). The number of carbonyl (C=O) groups excluding carboxylic acids is 2. The summed E-state index contributed by atoms with van der Waals surface area (Å²) in [6, 6.07) is 2.89. The van der Waals surface area contributed by atoms with Gasteiger partial charge in [-0.1, -0.05) is 23.2 Å². The van der Waals surface area contributed by atoms with Crippen LogP contribution < -0.4 is 10.1 Å². The van der Waals surface area contributed by atoms with Crippen LogP contribution in [0.2, 0.25) is 10.0 Å². The molecule has 0 radical (unpaired) electrons. The Balaban J connectivity index is 2.93. The molecule has 1 rings (SSSR count). The Morgan fingerprint density at radius 3 is 2.47 bits per heavy atom. The minimum Gasteiger partial charge on any atom is -0.479 e. The summed E-state index contributed by atoms with van der Waals surface area (Å²) in [6.45, 7) is 5.27. The molecule has 0 heterocycles. The molecule has 0 saturated heterocycles. The number of benzene rings is 1. The third-order valence-electron chi connectivity index (χ3n) is 2.26. The first-order chi connectivity index (χ1) is 8.85. The third kappa shape index (κ3) is 4.40. The van der Waals surface area contributed by atoms with Gasteiger partial charge in [0.15, 0.2) is 12.4 Å². The van der Waals surface area contributed by atoms with E-state index in [9.17, 15) is 9.59 Å². The van der Waals surface area contributed by atoms with E-state index in [4.69, 9.17) is 27.9 Å². The topological polar surface area (TPSA) is 55.4 Å². The van der Waals surface area contributed by atoms with Gasteiger partial charge in [-0.05, 0) is 32.9 Å². The second-order valence-electron chi connectivity index (χ2n) is 4.35. The first-order valence-electron chi connectivity index (χ1n) is 5.76. The first-order valence-corrected chi connectivity index (χ1v) is 6.52. The largest absolute Gasteiger partial charge is 0.479 e. The van der Waals surface area contributed by atoms with Gasteiger partial charge in [0.05, 0.1) is 10.6 Å². The maximum Gasteiger partial charge on any atom is 0.260 e. The minimum atomic E-state index is -0.764. The van der Waals surface area contributed by atoms with E-state index in [1.54, 1.807) is 6.92 Å². The van der Waals surface area contributed by atoms with Crippen LogP contribution in [0.3, 0.4) is 0 Å². The third-order valence-corrected chi connectivity index (χ3v) is 2.76. The molecule has 0 saturated carbocycles. The lowest BCUT2D eigenvalue weighted by Gasteiger charge is -2.18. The van der Waals surface area contributed by atoms with Crippen LogP contribution in [0.15, 0.2) is 12.1 Å². The van der Waals surface area contributed by atoms with Gasteiger partial charge < -0.3 is 10.1 Å². The fraction of sp³-hybridized carbons (Fsp3) is 0.385. The Labute approximate surface area is 122 Å². The number of rotatable bonds is 5. The number of amides is 1. The lowest BCUT2D eigenvalue weighted by Crippen LogP contribution is -2.40. The van der Waals surface area contributed by atoms with Crippen LogP contribution in [-0.2, 0) is 4.79 Å². The van der Waals surface area contributed by atoms with Crippen molar-refractivity contribution in [3.8, 4) is 5.75 Å². The Kier molecular flexibility index (Phi) is 5.63. The second kappa shape index (κ2) is 6.78. The Hall–Kier alpha value is -1.26. The van der Waals surface area contributed by atoms with Crippen molar-refractivity contribution in [2.45, 2.75) is 32.9 Å². The van der Waals surface area contributed by atoms with E-state index >= 15 is 0 Å². The van der Waals surface area contributed by atoms with Crippen LogP contribution in [0.25, 0.3) is 0 Å². The number of nitrogens with one attached hydrogen (secondary N) is 1. The van der Waals surface area contributed by atoms with Gasteiger partial charge in [-0.3, -0.25) is 9.59 Å². The fourth-order valence-corrected chi connectivity index (χ4v) is 1.98. The highest BCUT2D eigenvalue weighted by Gasteiger charge is 2.19. The molecular formula is C13H15Cl2NO3. The van der Waals surface area contributed by atoms with E-state index in [2.05, 4.69) is 5.32 Å². The van der Waals surface area contributed by atoms with Gasteiger partial charge >= 0.3 is 0 Å². The van der Waals surface area contributed by atoms with Crippen molar-refractivity contribution < 1.29 is 14.3 Å². The molecule has 1 amide bonds. The molecule has 1 unspecified atom stereocenters. The zero-order valence-electron chi connectivity index (χ0n) is 10.9. The van der Waals surface area contributed by atoms with Crippen molar-refractivity contribution in [2.24, 2.45) is 0 Å². The molecule has 1 aromatic rings. The summed E-state index contributed by atoms with van der Waals surface area (Å²) in [5.74, 6) is -0.120. The predicted octanol–water partition coefficient (Wildman–Crippen LogP) is 3.10. The smallest absolute Gasteiger partial charge is 0.260 e. The summed E-state index contributed by atoms with van der Waals surface area (Å²) in [7, 11) is 0. The highest BCUT2D eigenvalue weighted by Crippen LogP contribution is 2.32. The maximum absolute atomic E-state index is 11.7. The maximum atomic E-state index is 11.7. The number of halogens is 2. The summed E-state index contributed by atoms with van der Waals surface area (Å²) in [6.07, 6.45) is -0.181. The van der Waals surface area contributed by atoms with Gasteiger partial charge in [0.2, 0.25) is 0 Å². The number of aldehydes is 1. The van der Waals surface area contributed by atoms with Crippen LogP contribution >= 0.6 is 23.2 Å². The number of ether oxygens (including phenoxy) is 1. The lowest BCUT2D eigenvalue weighted by atomic mass is 10.2. The molecule has 4 nitrogen and oxygen atoms in total. The zero-order chi connectivity index (χ0) is 14.6. The van der Waals surface area contributed by atoms with Gasteiger partial charge in [-0.15, -0.1) is 0 Å². The van der Waals surface area contributed by atoms with Crippen LogP contribution in [-0.4, -0.2) is 24.3 Å². The molecule has 1 aromatic carbocycles. The van der Waals surface area contributed by atoms with Gasteiger partial charge in [-0.2, -0.15) is 0 Å². The van der Waals surface area contributed by atoms with E-state index in [0.717, 1.165) is 0 Å². The number of hydrogen-bond acceptors (Lipinski definition) is 3. The van der Waals surface area contributed by atoms with Crippen molar-refractivity contribution in [3.63, 3.8) is 0 Å². The zero-order valence-corrected chi connectivity index (χ0v) is 12.4. The summed E-state index contributed by atoms with van der Waals surface area (Å²) in [5.41, 5.74) is 0.210. The molecule has 1 atom stereocenters. The van der Waals surface area contributed by atoms with E-state index in [1.165, 1.54) is 12.1 Å². The normalized spacial score (nSPS) is 12.1. The molecule has 6 heteroatoms. The molecule has 19 heavy (non-hydrogen) atoms. The van der Waals surface area contributed by atoms with Crippen molar-refractivity contribution in [1.82, 2.24) is 5.32 Å². The lowest BCUT2D eigenvalue weighted by molar-refractivity contribution is -0.127. The molecular weight excluding hydrogens is 289 g/mol. The Bertz CT molecular complexity index is 489. The van der Waals surface area contributed by atoms with E-state index in [0.29, 0.717) is 11.3 Å². The molecule has 0 bridgehead atoms. The second-order valence-corrected chi connectivity index (χ2v) is 5.19. The molecule has 0 aliphatic carbocycles. The average Bonchev–Trinajstić information content (AvgIpc) is 2.30. The van der Waals surface area contributed by atoms with Crippen LogP contribution in [0.4, 0.5) is 0 Å².